The van der Waals surface area contributed by atoms with Crippen LogP contribution in [0.25, 0.3) is 0 Å². The number of nitrogens with two attached hydrogens (primary N) is 1. The number of nitrogens with zero attached hydrogens (tertiary/aromatic N) is 1. The van der Waals surface area contributed by atoms with Gasteiger partial charge in [-0.05, 0) is 37.8 Å². The summed E-state index contributed by atoms with van der Waals surface area (Å²) in [5.74, 6) is 1.47. The first kappa shape index (κ1) is 17.5. The van der Waals surface area contributed by atoms with E-state index < -0.39 is 0 Å². The van der Waals surface area contributed by atoms with Gasteiger partial charge in [-0.25, -0.2) is 4.79 Å². The molecule has 0 spiro atoms. The van der Waals surface area contributed by atoms with Gasteiger partial charge in [-0.1, -0.05) is 19.8 Å². The van der Waals surface area contributed by atoms with Gasteiger partial charge in [0.15, 0.2) is 0 Å². The minimum atomic E-state index is -0.0841. The average molecular weight is 311 g/mol. The maximum atomic E-state index is 11.5. The van der Waals surface area contributed by atoms with Crippen molar-refractivity contribution in [3.05, 3.63) is 0 Å². The first-order valence-electron chi connectivity index (χ1n) is 8.75. The maximum Gasteiger partial charge on any atom is 0.314 e. The van der Waals surface area contributed by atoms with Crippen LogP contribution in [0.2, 0.25) is 0 Å². The Balaban J connectivity index is 1.77. The van der Waals surface area contributed by atoms with Gasteiger partial charge in [0.25, 0.3) is 0 Å². The number of hydrogen-bond acceptors (Lipinski definition) is 4. The molecule has 2 fully saturated rings. The summed E-state index contributed by atoms with van der Waals surface area (Å²) in [4.78, 5) is 14.0. The van der Waals surface area contributed by atoms with Crippen LogP contribution < -0.4 is 21.7 Å². The van der Waals surface area contributed by atoms with Crippen molar-refractivity contribution in [1.82, 2.24) is 20.9 Å². The lowest BCUT2D eigenvalue weighted by Crippen LogP contribution is -2.43. The van der Waals surface area contributed by atoms with Gasteiger partial charge in [-0.15, -0.1) is 0 Å². The standard InChI is InChI=1S/C16H33N5O/c1-12(8-17)10-21-11-14(20-16(22)18-2)7-15(21)9-19-6-5-13-3-4-13/h12-15,19H,3-11,17H2,1-2H3,(H2,18,20,22)/t12-,14+,15-/m0/s1. The zero-order valence-electron chi connectivity index (χ0n) is 14.1. The summed E-state index contributed by atoms with van der Waals surface area (Å²) in [7, 11) is 1.66. The molecule has 0 aromatic carbocycles. The van der Waals surface area contributed by atoms with Crippen LogP contribution in [-0.2, 0) is 0 Å². The van der Waals surface area contributed by atoms with E-state index in [0.29, 0.717) is 18.5 Å². The second-order valence-corrected chi connectivity index (χ2v) is 7.04. The fourth-order valence-electron chi connectivity index (χ4n) is 3.24. The largest absolute Gasteiger partial charge is 0.341 e. The predicted octanol–water partition coefficient (Wildman–Crippen LogP) is 0.343. The second kappa shape index (κ2) is 8.70. The fraction of sp³-hybridized carbons (Fsp3) is 0.938. The van der Waals surface area contributed by atoms with E-state index in [4.69, 9.17) is 5.73 Å². The zero-order chi connectivity index (χ0) is 15.9. The molecule has 1 saturated carbocycles. The molecular formula is C16H33N5O. The molecule has 128 valence electrons. The summed E-state index contributed by atoms with van der Waals surface area (Å²) in [5, 5.41) is 9.30. The molecule has 1 saturated heterocycles. The Labute approximate surface area is 134 Å². The minimum Gasteiger partial charge on any atom is -0.341 e. The fourth-order valence-corrected chi connectivity index (χ4v) is 3.24. The molecule has 1 heterocycles. The molecule has 3 atom stereocenters. The third-order valence-corrected chi connectivity index (χ3v) is 4.84. The van der Waals surface area contributed by atoms with Crippen molar-refractivity contribution in [2.24, 2.45) is 17.6 Å². The van der Waals surface area contributed by atoms with Gasteiger partial charge in [-0.3, -0.25) is 4.90 Å². The summed E-state index contributed by atoms with van der Waals surface area (Å²) < 4.78 is 0. The maximum absolute atomic E-state index is 11.5. The van der Waals surface area contributed by atoms with Gasteiger partial charge < -0.3 is 21.7 Å². The van der Waals surface area contributed by atoms with Gasteiger partial charge in [0, 0.05) is 38.8 Å². The highest BCUT2D eigenvalue weighted by Crippen LogP contribution is 2.31. The Hall–Kier alpha value is -0.850. The highest BCUT2D eigenvalue weighted by Gasteiger charge is 2.33. The Bertz CT molecular complexity index is 347. The molecule has 6 heteroatoms. The van der Waals surface area contributed by atoms with E-state index in [1.807, 2.05) is 0 Å². The summed E-state index contributed by atoms with van der Waals surface area (Å²) in [6.45, 7) is 6.97. The van der Waals surface area contributed by atoms with Crippen molar-refractivity contribution in [3.63, 3.8) is 0 Å². The van der Waals surface area contributed by atoms with Crippen LogP contribution in [0.3, 0.4) is 0 Å². The SMILES string of the molecule is CNC(=O)N[C@@H]1C[C@@H](CNCCC2CC2)N(C[C@@H](C)CN)C1. The van der Waals surface area contributed by atoms with E-state index in [0.717, 1.165) is 38.5 Å². The summed E-state index contributed by atoms with van der Waals surface area (Å²) in [5.41, 5.74) is 5.77. The van der Waals surface area contributed by atoms with Crippen molar-refractivity contribution in [3.8, 4) is 0 Å². The van der Waals surface area contributed by atoms with Crippen LogP contribution in [0.4, 0.5) is 4.79 Å². The number of nitrogens with one attached hydrogen (secondary N) is 3. The van der Waals surface area contributed by atoms with E-state index in [-0.39, 0.29) is 12.1 Å². The molecule has 2 rings (SSSR count). The van der Waals surface area contributed by atoms with E-state index in [2.05, 4.69) is 27.8 Å². The van der Waals surface area contributed by atoms with Crippen LogP contribution in [0.5, 0.6) is 0 Å². The minimum absolute atomic E-state index is 0.0841. The Morgan fingerprint density at radius 2 is 2.18 bits per heavy atom. The zero-order valence-corrected chi connectivity index (χ0v) is 14.1. The van der Waals surface area contributed by atoms with Crippen molar-refractivity contribution >= 4 is 6.03 Å². The number of rotatable bonds is 9. The number of likely N-dealkylation sites (tertiary alicyclic amines) is 1. The van der Waals surface area contributed by atoms with E-state index in [1.165, 1.54) is 19.3 Å². The average Bonchev–Trinajstić information content (AvgIpc) is 3.26. The second-order valence-electron chi connectivity index (χ2n) is 7.04. The molecule has 0 radical (unpaired) electrons. The molecule has 5 N–H and O–H groups in total. The molecule has 0 aromatic rings. The topological polar surface area (TPSA) is 82.4 Å². The van der Waals surface area contributed by atoms with E-state index in [9.17, 15) is 4.79 Å². The van der Waals surface area contributed by atoms with Crippen molar-refractivity contribution in [2.75, 3.05) is 39.8 Å². The van der Waals surface area contributed by atoms with Crippen molar-refractivity contribution < 1.29 is 4.79 Å². The summed E-state index contributed by atoms with van der Waals surface area (Å²) in [6, 6.07) is 0.648. The normalized spacial score (nSPS) is 26.9. The number of hydrogen-bond donors (Lipinski definition) is 4. The molecule has 0 unspecified atom stereocenters. The Kier molecular flexibility index (Phi) is 6.92. The highest BCUT2D eigenvalue weighted by atomic mass is 16.2. The lowest BCUT2D eigenvalue weighted by molar-refractivity contribution is 0.214. The Morgan fingerprint density at radius 3 is 2.82 bits per heavy atom. The molecular weight excluding hydrogens is 278 g/mol. The lowest BCUT2D eigenvalue weighted by atomic mass is 10.1. The lowest BCUT2D eigenvalue weighted by Gasteiger charge is -2.27. The number of urea groups is 1. The monoisotopic (exact) mass is 311 g/mol. The molecule has 1 aliphatic heterocycles. The molecule has 0 aromatic heterocycles. The molecule has 0 bridgehead atoms. The van der Waals surface area contributed by atoms with Crippen LogP contribution >= 0.6 is 0 Å². The van der Waals surface area contributed by atoms with Crippen LogP contribution in [0.15, 0.2) is 0 Å². The molecule has 22 heavy (non-hydrogen) atoms. The van der Waals surface area contributed by atoms with Gasteiger partial charge >= 0.3 is 6.03 Å². The van der Waals surface area contributed by atoms with E-state index >= 15 is 0 Å². The Morgan fingerprint density at radius 1 is 1.41 bits per heavy atom. The molecule has 2 aliphatic rings. The third kappa shape index (κ3) is 5.74. The molecule has 1 aliphatic carbocycles. The smallest absolute Gasteiger partial charge is 0.314 e. The summed E-state index contributed by atoms with van der Waals surface area (Å²) in [6.07, 6.45) is 5.17. The van der Waals surface area contributed by atoms with Crippen LogP contribution in [-0.4, -0.2) is 62.8 Å². The van der Waals surface area contributed by atoms with Gasteiger partial charge in [0.1, 0.15) is 0 Å². The highest BCUT2D eigenvalue weighted by molar-refractivity contribution is 5.73. The van der Waals surface area contributed by atoms with Crippen LogP contribution in [0, 0.1) is 11.8 Å². The summed E-state index contributed by atoms with van der Waals surface area (Å²) >= 11 is 0. The van der Waals surface area contributed by atoms with Crippen LogP contribution in [0.1, 0.15) is 32.6 Å². The molecule has 2 amide bonds. The predicted molar refractivity (Wildman–Crippen MR) is 89.8 cm³/mol. The van der Waals surface area contributed by atoms with Gasteiger partial charge in [-0.2, -0.15) is 0 Å². The van der Waals surface area contributed by atoms with Gasteiger partial charge in [0.05, 0.1) is 0 Å². The van der Waals surface area contributed by atoms with Crippen molar-refractivity contribution in [2.45, 2.75) is 44.7 Å². The van der Waals surface area contributed by atoms with E-state index in [1.54, 1.807) is 7.05 Å². The number of carbonyl (C=O) groups is 1. The first-order valence-corrected chi connectivity index (χ1v) is 8.75. The number of carbonyl (C=O) groups excluding carboxylic acids is 1. The first-order chi connectivity index (χ1) is 10.6. The van der Waals surface area contributed by atoms with Gasteiger partial charge in [0.2, 0.25) is 0 Å². The number of amides is 2. The van der Waals surface area contributed by atoms with Crippen molar-refractivity contribution in [1.29, 1.82) is 0 Å². The quantitative estimate of drug-likeness (QED) is 0.463. The third-order valence-electron chi connectivity index (χ3n) is 4.84. The molecule has 6 nitrogen and oxygen atoms in total.